The van der Waals surface area contributed by atoms with E-state index in [9.17, 15) is 9.59 Å². The second kappa shape index (κ2) is 8.95. The van der Waals surface area contributed by atoms with Crippen LogP contribution in [0.1, 0.15) is 34.5 Å². The third-order valence-corrected chi connectivity index (χ3v) is 5.44. The molecule has 0 spiro atoms. The van der Waals surface area contributed by atoms with Gasteiger partial charge in [0, 0.05) is 30.3 Å². The van der Waals surface area contributed by atoms with Gasteiger partial charge in [0.2, 0.25) is 5.91 Å². The van der Waals surface area contributed by atoms with Crippen molar-refractivity contribution < 1.29 is 14.1 Å². The molecule has 1 N–H and O–H groups in total. The average molecular weight is 403 g/mol. The molecule has 1 aliphatic rings. The van der Waals surface area contributed by atoms with Crippen LogP contribution in [0.2, 0.25) is 0 Å². The SMILES string of the molecule is Cc1ccc(C(=O)N2CCC[C@@H](C(=O)NCc3cc(-c4ccccc4)on3)C2)cc1. The van der Waals surface area contributed by atoms with Crippen molar-refractivity contribution in [2.24, 2.45) is 5.92 Å². The monoisotopic (exact) mass is 403 g/mol. The maximum Gasteiger partial charge on any atom is 0.253 e. The van der Waals surface area contributed by atoms with Crippen molar-refractivity contribution >= 4 is 11.8 Å². The van der Waals surface area contributed by atoms with Gasteiger partial charge in [0.1, 0.15) is 5.69 Å². The largest absolute Gasteiger partial charge is 0.356 e. The number of benzene rings is 2. The van der Waals surface area contributed by atoms with Crippen LogP contribution in [0, 0.1) is 12.8 Å². The van der Waals surface area contributed by atoms with Crippen LogP contribution in [-0.2, 0) is 11.3 Å². The summed E-state index contributed by atoms with van der Waals surface area (Å²) in [6, 6.07) is 19.1. The predicted octanol–water partition coefficient (Wildman–Crippen LogP) is 3.82. The number of aromatic nitrogens is 1. The second-order valence-corrected chi connectivity index (χ2v) is 7.72. The van der Waals surface area contributed by atoms with Gasteiger partial charge in [0.25, 0.3) is 5.91 Å². The summed E-state index contributed by atoms with van der Waals surface area (Å²) in [6.45, 7) is 3.41. The molecule has 1 saturated heterocycles. The minimum Gasteiger partial charge on any atom is -0.356 e. The topological polar surface area (TPSA) is 75.4 Å². The van der Waals surface area contributed by atoms with Crippen molar-refractivity contribution in [3.05, 3.63) is 77.5 Å². The van der Waals surface area contributed by atoms with Gasteiger partial charge in [0.05, 0.1) is 12.5 Å². The first-order valence-electron chi connectivity index (χ1n) is 10.2. The number of amides is 2. The molecule has 2 aromatic carbocycles. The predicted molar refractivity (Wildman–Crippen MR) is 114 cm³/mol. The Morgan fingerprint density at radius 3 is 2.67 bits per heavy atom. The highest BCUT2D eigenvalue weighted by Crippen LogP contribution is 2.21. The molecule has 2 amide bonds. The van der Waals surface area contributed by atoms with Gasteiger partial charge < -0.3 is 14.7 Å². The first kappa shape index (κ1) is 19.9. The molecule has 2 heterocycles. The third-order valence-electron chi connectivity index (χ3n) is 5.44. The van der Waals surface area contributed by atoms with Crippen molar-refractivity contribution in [3.63, 3.8) is 0 Å². The molecule has 30 heavy (non-hydrogen) atoms. The van der Waals surface area contributed by atoms with E-state index in [4.69, 9.17) is 4.52 Å². The Kier molecular flexibility index (Phi) is 5.93. The highest BCUT2D eigenvalue weighted by molar-refractivity contribution is 5.94. The second-order valence-electron chi connectivity index (χ2n) is 7.72. The van der Waals surface area contributed by atoms with Gasteiger partial charge in [-0.1, -0.05) is 53.2 Å². The summed E-state index contributed by atoms with van der Waals surface area (Å²) >= 11 is 0. The van der Waals surface area contributed by atoms with Crippen molar-refractivity contribution in [2.75, 3.05) is 13.1 Å². The highest BCUT2D eigenvalue weighted by Gasteiger charge is 2.29. The molecule has 0 aliphatic carbocycles. The van der Waals surface area contributed by atoms with Crippen molar-refractivity contribution in [1.29, 1.82) is 0 Å². The lowest BCUT2D eigenvalue weighted by molar-refractivity contribution is -0.126. The Morgan fingerprint density at radius 1 is 1.13 bits per heavy atom. The molecule has 1 atom stereocenters. The van der Waals surface area contributed by atoms with Crippen LogP contribution in [0.25, 0.3) is 11.3 Å². The molecule has 6 nitrogen and oxygen atoms in total. The van der Waals surface area contributed by atoms with Crippen LogP contribution in [0.4, 0.5) is 0 Å². The number of likely N-dealkylation sites (tertiary alicyclic amines) is 1. The van der Waals surface area contributed by atoms with Gasteiger partial charge >= 0.3 is 0 Å². The van der Waals surface area contributed by atoms with Crippen molar-refractivity contribution in [2.45, 2.75) is 26.3 Å². The summed E-state index contributed by atoms with van der Waals surface area (Å²) in [6.07, 6.45) is 1.59. The molecule has 0 radical (unpaired) electrons. The molecule has 3 aromatic rings. The quantitative estimate of drug-likeness (QED) is 0.703. The zero-order chi connectivity index (χ0) is 20.9. The lowest BCUT2D eigenvalue weighted by Crippen LogP contribution is -2.45. The molecule has 0 unspecified atom stereocenters. The molecular weight excluding hydrogens is 378 g/mol. The van der Waals surface area contributed by atoms with Crippen molar-refractivity contribution in [1.82, 2.24) is 15.4 Å². The van der Waals surface area contributed by atoms with E-state index in [0.29, 0.717) is 36.7 Å². The minimum atomic E-state index is -0.214. The van der Waals surface area contributed by atoms with E-state index in [2.05, 4.69) is 10.5 Å². The Labute approximate surface area is 175 Å². The molecule has 1 fully saturated rings. The molecule has 0 bridgehead atoms. The molecule has 154 valence electrons. The van der Waals surface area contributed by atoms with Gasteiger partial charge in [-0.15, -0.1) is 0 Å². The average Bonchev–Trinajstić information content (AvgIpc) is 3.27. The van der Waals surface area contributed by atoms with E-state index in [-0.39, 0.29) is 17.7 Å². The molecule has 0 saturated carbocycles. The van der Waals surface area contributed by atoms with Crippen LogP contribution < -0.4 is 5.32 Å². The first-order valence-corrected chi connectivity index (χ1v) is 10.2. The van der Waals surface area contributed by atoms with E-state index in [1.54, 1.807) is 4.90 Å². The number of hydrogen-bond donors (Lipinski definition) is 1. The number of carbonyl (C=O) groups excluding carboxylic acids is 2. The Balaban J connectivity index is 1.33. The van der Waals surface area contributed by atoms with Gasteiger partial charge in [-0.3, -0.25) is 9.59 Å². The van der Waals surface area contributed by atoms with Gasteiger partial charge in [-0.2, -0.15) is 0 Å². The zero-order valence-electron chi connectivity index (χ0n) is 17.0. The fourth-order valence-corrected chi connectivity index (χ4v) is 3.71. The summed E-state index contributed by atoms with van der Waals surface area (Å²) in [5.41, 5.74) is 3.40. The fraction of sp³-hybridized carbons (Fsp3) is 0.292. The maximum atomic E-state index is 12.8. The van der Waals surface area contributed by atoms with Crippen molar-refractivity contribution in [3.8, 4) is 11.3 Å². The van der Waals surface area contributed by atoms with Gasteiger partial charge in [-0.25, -0.2) is 0 Å². The number of nitrogens with one attached hydrogen (secondary N) is 1. The zero-order valence-corrected chi connectivity index (χ0v) is 17.0. The van der Waals surface area contributed by atoms with E-state index in [1.807, 2.05) is 67.6 Å². The summed E-state index contributed by atoms with van der Waals surface area (Å²) < 4.78 is 5.38. The smallest absolute Gasteiger partial charge is 0.253 e. The normalized spacial score (nSPS) is 16.3. The maximum absolute atomic E-state index is 12.8. The number of hydrogen-bond acceptors (Lipinski definition) is 4. The summed E-state index contributed by atoms with van der Waals surface area (Å²) in [7, 11) is 0. The Bertz CT molecular complexity index is 1010. The number of piperidine rings is 1. The van der Waals surface area contributed by atoms with Crippen LogP contribution in [0.5, 0.6) is 0 Å². The lowest BCUT2D eigenvalue weighted by atomic mass is 9.96. The van der Waals surface area contributed by atoms with E-state index in [1.165, 1.54) is 0 Å². The molecule has 1 aromatic heterocycles. The Morgan fingerprint density at radius 2 is 1.90 bits per heavy atom. The van der Waals surface area contributed by atoms with E-state index < -0.39 is 0 Å². The highest BCUT2D eigenvalue weighted by atomic mass is 16.5. The van der Waals surface area contributed by atoms with Crippen LogP contribution >= 0.6 is 0 Å². The van der Waals surface area contributed by atoms with Gasteiger partial charge in [0.15, 0.2) is 5.76 Å². The van der Waals surface area contributed by atoms with Crippen LogP contribution in [-0.4, -0.2) is 35.0 Å². The summed E-state index contributed by atoms with van der Waals surface area (Å²) in [5.74, 6) is 0.387. The molecule has 4 rings (SSSR count). The van der Waals surface area contributed by atoms with E-state index in [0.717, 1.165) is 24.0 Å². The first-order chi connectivity index (χ1) is 14.6. The third kappa shape index (κ3) is 4.59. The molecular formula is C24H25N3O3. The number of aryl methyl sites for hydroxylation is 1. The standard InChI is InChI=1S/C24H25N3O3/c1-17-9-11-19(12-10-17)24(29)27-13-5-8-20(16-27)23(28)25-15-21-14-22(30-26-21)18-6-3-2-4-7-18/h2-4,6-7,9-12,14,20H,5,8,13,15-16H2,1H3,(H,25,28)/t20-/m1/s1. The Hall–Kier alpha value is -3.41. The molecule has 1 aliphatic heterocycles. The number of rotatable bonds is 5. The number of nitrogens with zero attached hydrogens (tertiary/aromatic N) is 2. The lowest BCUT2D eigenvalue weighted by Gasteiger charge is -2.32. The fourth-order valence-electron chi connectivity index (χ4n) is 3.71. The minimum absolute atomic E-state index is 0.0171. The van der Waals surface area contributed by atoms with Gasteiger partial charge in [-0.05, 0) is 31.9 Å². The van der Waals surface area contributed by atoms with Crippen LogP contribution in [0.15, 0.2) is 65.2 Å². The number of carbonyl (C=O) groups is 2. The summed E-state index contributed by atoms with van der Waals surface area (Å²) in [4.78, 5) is 27.2. The summed E-state index contributed by atoms with van der Waals surface area (Å²) in [5, 5.41) is 6.99. The van der Waals surface area contributed by atoms with E-state index >= 15 is 0 Å². The van der Waals surface area contributed by atoms with Crippen LogP contribution in [0.3, 0.4) is 0 Å². The molecule has 6 heteroatoms.